The Morgan fingerprint density at radius 3 is 2.55 bits per heavy atom. The van der Waals surface area contributed by atoms with E-state index in [4.69, 9.17) is 4.52 Å². The first-order valence-electron chi connectivity index (χ1n) is 7.21. The monoisotopic (exact) mass is 268 g/mol. The molecule has 1 aromatic heterocycles. The minimum absolute atomic E-state index is 0.245. The zero-order valence-electron chi connectivity index (χ0n) is 11.2. The highest BCUT2D eigenvalue weighted by Crippen LogP contribution is 2.33. The summed E-state index contributed by atoms with van der Waals surface area (Å²) in [6.07, 6.45) is 4.28. The van der Waals surface area contributed by atoms with Crippen molar-refractivity contribution in [3.8, 4) is 0 Å². The predicted molar refractivity (Wildman–Crippen MR) is 72.3 cm³/mol. The Morgan fingerprint density at radius 2 is 1.90 bits per heavy atom. The number of hydrogen-bond donors (Lipinski definition) is 0. The second-order valence-corrected chi connectivity index (χ2v) is 5.84. The molecule has 0 bridgehead atoms. The molecule has 0 saturated heterocycles. The van der Waals surface area contributed by atoms with E-state index < -0.39 is 0 Å². The van der Waals surface area contributed by atoms with Crippen LogP contribution in [0.3, 0.4) is 0 Å². The molecular weight excluding hydrogens is 252 g/mol. The van der Waals surface area contributed by atoms with E-state index >= 15 is 0 Å². The molecule has 0 radical (unpaired) electrons. The van der Waals surface area contributed by atoms with Crippen molar-refractivity contribution >= 4 is 5.78 Å². The Labute approximate surface area is 117 Å². The van der Waals surface area contributed by atoms with Crippen LogP contribution in [0.15, 0.2) is 28.8 Å². The second-order valence-electron chi connectivity index (χ2n) is 5.84. The number of fused-ring (bicyclic) bond motifs is 1. The van der Waals surface area contributed by atoms with Crippen LogP contribution in [0.4, 0.5) is 0 Å². The molecule has 4 heteroatoms. The molecular formula is C16H16N2O2. The van der Waals surface area contributed by atoms with Crippen LogP contribution < -0.4 is 0 Å². The zero-order chi connectivity index (χ0) is 13.5. The van der Waals surface area contributed by atoms with Crippen molar-refractivity contribution in [2.24, 2.45) is 5.92 Å². The summed E-state index contributed by atoms with van der Waals surface area (Å²) in [5, 5.41) is 4.08. The van der Waals surface area contributed by atoms with Crippen molar-refractivity contribution in [2.45, 2.75) is 38.0 Å². The molecule has 0 aliphatic heterocycles. The third-order valence-electron chi connectivity index (χ3n) is 4.26. The number of carbonyl (C=O) groups is 1. The van der Waals surface area contributed by atoms with Crippen molar-refractivity contribution in [2.75, 3.05) is 0 Å². The van der Waals surface area contributed by atoms with Gasteiger partial charge in [0.2, 0.25) is 5.89 Å². The van der Waals surface area contributed by atoms with Crippen molar-refractivity contribution in [3.63, 3.8) is 0 Å². The summed E-state index contributed by atoms with van der Waals surface area (Å²) >= 11 is 0. The summed E-state index contributed by atoms with van der Waals surface area (Å²) in [5.74, 6) is 2.02. The summed E-state index contributed by atoms with van der Waals surface area (Å²) in [6.45, 7) is 0. The topological polar surface area (TPSA) is 56.0 Å². The van der Waals surface area contributed by atoms with E-state index in [2.05, 4.69) is 34.4 Å². The maximum Gasteiger partial charge on any atom is 0.234 e. The van der Waals surface area contributed by atoms with Gasteiger partial charge in [-0.25, -0.2) is 0 Å². The van der Waals surface area contributed by atoms with E-state index in [0.29, 0.717) is 18.2 Å². The molecule has 0 spiro atoms. The highest BCUT2D eigenvalue weighted by molar-refractivity contribution is 5.84. The van der Waals surface area contributed by atoms with E-state index in [0.717, 1.165) is 31.5 Å². The number of hydrogen-bond acceptors (Lipinski definition) is 4. The van der Waals surface area contributed by atoms with Gasteiger partial charge < -0.3 is 4.52 Å². The summed E-state index contributed by atoms with van der Waals surface area (Å²) in [6, 6.07) is 8.45. The third kappa shape index (κ3) is 2.15. The Balaban J connectivity index is 1.48. The molecule has 1 fully saturated rings. The van der Waals surface area contributed by atoms with Gasteiger partial charge in [-0.1, -0.05) is 29.4 Å². The van der Waals surface area contributed by atoms with Crippen LogP contribution in [0.2, 0.25) is 0 Å². The Bertz CT molecular complexity index is 633. The standard InChI is InChI=1S/C16H16N2O2/c19-14(10-5-6-10)9-15-17-16(18-20-15)13-7-11-3-1-2-4-12(11)8-13/h1-4,10,13H,5-9H2. The molecule has 4 rings (SSSR count). The molecule has 1 aromatic carbocycles. The van der Waals surface area contributed by atoms with Gasteiger partial charge in [0, 0.05) is 11.8 Å². The fraction of sp³-hybridized carbons (Fsp3) is 0.438. The van der Waals surface area contributed by atoms with Crippen molar-refractivity contribution < 1.29 is 9.32 Å². The number of benzene rings is 1. The molecule has 1 saturated carbocycles. The lowest BCUT2D eigenvalue weighted by Gasteiger charge is -2.00. The first kappa shape index (κ1) is 11.8. The number of rotatable bonds is 4. The van der Waals surface area contributed by atoms with Crippen LogP contribution >= 0.6 is 0 Å². The van der Waals surface area contributed by atoms with Gasteiger partial charge in [-0.2, -0.15) is 4.98 Å². The van der Waals surface area contributed by atoms with E-state index in [1.807, 2.05) is 0 Å². The van der Waals surface area contributed by atoms with Gasteiger partial charge in [-0.15, -0.1) is 0 Å². The molecule has 2 aliphatic carbocycles. The molecule has 0 amide bonds. The number of carbonyl (C=O) groups excluding carboxylic acids is 1. The molecule has 0 N–H and O–H groups in total. The predicted octanol–water partition coefficient (Wildman–Crippen LogP) is 2.47. The van der Waals surface area contributed by atoms with Crippen LogP contribution in [0.5, 0.6) is 0 Å². The number of ketones is 1. The second kappa shape index (κ2) is 4.54. The summed E-state index contributed by atoms with van der Waals surface area (Å²) < 4.78 is 5.24. The lowest BCUT2D eigenvalue weighted by Crippen LogP contribution is -2.05. The smallest absolute Gasteiger partial charge is 0.234 e. The third-order valence-corrected chi connectivity index (χ3v) is 4.26. The first-order chi connectivity index (χ1) is 9.79. The van der Waals surface area contributed by atoms with Crippen molar-refractivity contribution in [3.05, 3.63) is 47.1 Å². The quantitative estimate of drug-likeness (QED) is 0.854. The lowest BCUT2D eigenvalue weighted by atomic mass is 10.1. The van der Waals surface area contributed by atoms with Crippen molar-refractivity contribution in [1.82, 2.24) is 10.1 Å². The summed E-state index contributed by atoms with van der Waals surface area (Å²) in [7, 11) is 0. The minimum Gasteiger partial charge on any atom is -0.339 e. The number of Topliss-reactive ketones (excluding diaryl/α,β-unsaturated/α-hetero) is 1. The fourth-order valence-electron chi connectivity index (χ4n) is 2.95. The van der Waals surface area contributed by atoms with Crippen LogP contribution in [-0.4, -0.2) is 15.9 Å². The minimum atomic E-state index is 0.245. The highest BCUT2D eigenvalue weighted by Gasteiger charge is 2.31. The van der Waals surface area contributed by atoms with Crippen molar-refractivity contribution in [1.29, 1.82) is 0 Å². The molecule has 2 aliphatic rings. The van der Waals surface area contributed by atoms with Gasteiger partial charge in [0.05, 0.1) is 6.42 Å². The fourth-order valence-corrected chi connectivity index (χ4v) is 2.95. The van der Waals surface area contributed by atoms with Gasteiger partial charge in [-0.05, 0) is 36.8 Å². The van der Waals surface area contributed by atoms with Gasteiger partial charge >= 0.3 is 0 Å². The Morgan fingerprint density at radius 1 is 1.20 bits per heavy atom. The number of nitrogens with zero attached hydrogens (tertiary/aromatic N) is 2. The lowest BCUT2D eigenvalue weighted by molar-refractivity contribution is -0.119. The van der Waals surface area contributed by atoms with Crippen LogP contribution in [0.1, 0.15) is 41.6 Å². The first-order valence-corrected chi connectivity index (χ1v) is 7.21. The van der Waals surface area contributed by atoms with E-state index in [1.54, 1.807) is 0 Å². The average Bonchev–Trinajstić information content (AvgIpc) is 3.06. The van der Waals surface area contributed by atoms with E-state index in [9.17, 15) is 4.79 Å². The normalized spacial score (nSPS) is 18.2. The average molecular weight is 268 g/mol. The van der Waals surface area contributed by atoms with Crippen LogP contribution in [0, 0.1) is 5.92 Å². The molecule has 0 atom stereocenters. The highest BCUT2D eigenvalue weighted by atomic mass is 16.5. The van der Waals surface area contributed by atoms with Gasteiger partial charge in [0.1, 0.15) is 5.78 Å². The van der Waals surface area contributed by atoms with E-state index in [1.165, 1.54) is 11.1 Å². The summed E-state index contributed by atoms with van der Waals surface area (Å²) in [5.41, 5.74) is 2.75. The van der Waals surface area contributed by atoms with Gasteiger partial charge in [0.25, 0.3) is 0 Å². The molecule has 20 heavy (non-hydrogen) atoms. The Hall–Kier alpha value is -1.97. The maximum atomic E-state index is 11.8. The Kier molecular flexibility index (Phi) is 2.69. The molecule has 2 aromatic rings. The molecule has 1 heterocycles. The van der Waals surface area contributed by atoms with E-state index in [-0.39, 0.29) is 11.7 Å². The zero-order valence-corrected chi connectivity index (χ0v) is 11.2. The number of aromatic nitrogens is 2. The van der Waals surface area contributed by atoms with Crippen LogP contribution in [-0.2, 0) is 24.1 Å². The van der Waals surface area contributed by atoms with Gasteiger partial charge in [-0.3, -0.25) is 4.79 Å². The maximum absolute atomic E-state index is 11.8. The van der Waals surface area contributed by atoms with Crippen LogP contribution in [0.25, 0.3) is 0 Å². The molecule has 0 unspecified atom stereocenters. The largest absolute Gasteiger partial charge is 0.339 e. The summed E-state index contributed by atoms with van der Waals surface area (Å²) in [4.78, 5) is 16.2. The SMILES string of the molecule is O=C(Cc1nc(C2Cc3ccccc3C2)no1)C1CC1. The van der Waals surface area contributed by atoms with Gasteiger partial charge in [0.15, 0.2) is 5.82 Å². The molecule has 102 valence electrons. The molecule has 4 nitrogen and oxygen atoms in total.